The topological polar surface area (TPSA) is 98.7 Å². The zero-order valence-electron chi connectivity index (χ0n) is 12.4. The van der Waals surface area contributed by atoms with Crippen LogP contribution in [0, 0.1) is 15.5 Å². The van der Waals surface area contributed by atoms with E-state index in [2.05, 4.69) is 6.92 Å². The first kappa shape index (κ1) is 18.2. The lowest BCUT2D eigenvalue weighted by Gasteiger charge is -2.22. The van der Waals surface area contributed by atoms with Gasteiger partial charge in [-0.25, -0.2) is 0 Å². The maximum atomic E-state index is 12.0. The van der Waals surface area contributed by atoms with Gasteiger partial charge in [0.1, 0.15) is 5.75 Å². The summed E-state index contributed by atoms with van der Waals surface area (Å²) in [6.45, 7) is 3.89. The van der Waals surface area contributed by atoms with Crippen molar-refractivity contribution in [2.45, 2.75) is 13.3 Å². The zero-order valence-corrected chi connectivity index (χ0v) is 13.2. The van der Waals surface area contributed by atoms with E-state index in [1.165, 1.54) is 24.3 Å². The van der Waals surface area contributed by atoms with Crippen LogP contribution < -0.4 is 10.5 Å². The highest BCUT2D eigenvalue weighted by atomic mass is 35.5. The lowest BCUT2D eigenvalue weighted by atomic mass is 9.90. The third-order valence-corrected chi connectivity index (χ3v) is 3.81. The van der Waals surface area contributed by atoms with Gasteiger partial charge in [-0.1, -0.05) is 6.92 Å². The highest BCUT2D eigenvalue weighted by Gasteiger charge is 2.34. The van der Waals surface area contributed by atoms with Crippen LogP contribution in [0.2, 0.25) is 0 Å². The van der Waals surface area contributed by atoms with Gasteiger partial charge in [-0.3, -0.25) is 14.9 Å². The van der Waals surface area contributed by atoms with E-state index >= 15 is 0 Å². The molecule has 0 spiro atoms. The molecule has 2 rings (SSSR count). The fourth-order valence-corrected chi connectivity index (χ4v) is 2.30. The fraction of sp³-hybridized carbons (Fsp3) is 0.500. The van der Waals surface area contributed by atoms with E-state index in [4.69, 9.17) is 10.5 Å². The first-order valence-electron chi connectivity index (χ1n) is 6.79. The lowest BCUT2D eigenvalue weighted by Crippen LogP contribution is -2.36. The Labute approximate surface area is 135 Å². The number of amides is 1. The van der Waals surface area contributed by atoms with E-state index in [1.807, 2.05) is 0 Å². The van der Waals surface area contributed by atoms with Crippen molar-refractivity contribution in [2.75, 3.05) is 26.2 Å². The van der Waals surface area contributed by atoms with Gasteiger partial charge < -0.3 is 15.4 Å². The second kappa shape index (κ2) is 7.42. The lowest BCUT2D eigenvalue weighted by molar-refractivity contribution is -0.384. The summed E-state index contributed by atoms with van der Waals surface area (Å²) in [6, 6.07) is 5.67. The van der Waals surface area contributed by atoms with Crippen LogP contribution in [0.1, 0.15) is 13.3 Å². The van der Waals surface area contributed by atoms with Crippen LogP contribution in [0.3, 0.4) is 0 Å². The quantitative estimate of drug-likeness (QED) is 0.653. The minimum absolute atomic E-state index is 0. The number of nitro benzene ring substituents is 1. The van der Waals surface area contributed by atoms with Gasteiger partial charge in [0.2, 0.25) is 0 Å². The van der Waals surface area contributed by atoms with Crippen molar-refractivity contribution in [3.63, 3.8) is 0 Å². The number of hydrogen-bond donors (Lipinski definition) is 1. The second-order valence-electron chi connectivity index (χ2n) is 5.62. The first-order chi connectivity index (χ1) is 9.93. The molecule has 1 aliphatic rings. The number of nitrogens with two attached hydrogens (primary N) is 1. The number of ether oxygens (including phenoxy) is 1. The number of halogens is 1. The number of carbonyl (C=O) groups is 1. The molecule has 1 atom stereocenters. The van der Waals surface area contributed by atoms with Crippen LogP contribution in [0.15, 0.2) is 24.3 Å². The SMILES string of the molecule is CC1(CN)CCN(C(=O)COc2ccc([N+](=O)[O-])cc2)C1.Cl. The molecule has 1 aromatic rings. The van der Waals surface area contributed by atoms with Crippen molar-refractivity contribution in [1.82, 2.24) is 4.90 Å². The molecule has 1 aliphatic heterocycles. The van der Waals surface area contributed by atoms with Gasteiger partial charge in [0, 0.05) is 25.2 Å². The van der Waals surface area contributed by atoms with Crippen molar-refractivity contribution in [2.24, 2.45) is 11.1 Å². The summed E-state index contributed by atoms with van der Waals surface area (Å²) in [4.78, 5) is 23.9. The molecular weight excluding hydrogens is 310 g/mol. The smallest absolute Gasteiger partial charge is 0.269 e. The van der Waals surface area contributed by atoms with Crippen molar-refractivity contribution in [3.05, 3.63) is 34.4 Å². The zero-order chi connectivity index (χ0) is 15.5. The maximum Gasteiger partial charge on any atom is 0.269 e. The Hall–Kier alpha value is -1.86. The molecule has 0 aliphatic carbocycles. The van der Waals surface area contributed by atoms with Crippen LogP contribution in [-0.4, -0.2) is 42.0 Å². The molecule has 0 aromatic heterocycles. The Balaban J connectivity index is 0.00000242. The minimum Gasteiger partial charge on any atom is -0.484 e. The molecule has 7 nitrogen and oxygen atoms in total. The Morgan fingerprint density at radius 2 is 2.09 bits per heavy atom. The van der Waals surface area contributed by atoms with Gasteiger partial charge in [0.05, 0.1) is 4.92 Å². The summed E-state index contributed by atoms with van der Waals surface area (Å²) in [5.41, 5.74) is 5.69. The molecule has 0 radical (unpaired) electrons. The Bertz CT molecular complexity index is 537. The molecule has 1 unspecified atom stereocenters. The Morgan fingerprint density at radius 3 is 2.59 bits per heavy atom. The van der Waals surface area contributed by atoms with Gasteiger partial charge in [0.15, 0.2) is 6.61 Å². The molecular formula is C14H20ClN3O4. The van der Waals surface area contributed by atoms with Gasteiger partial charge in [-0.15, -0.1) is 12.4 Å². The molecule has 1 saturated heterocycles. The average Bonchev–Trinajstić information content (AvgIpc) is 2.88. The van der Waals surface area contributed by atoms with Crippen LogP contribution in [0.4, 0.5) is 5.69 Å². The molecule has 122 valence electrons. The highest BCUT2D eigenvalue weighted by molar-refractivity contribution is 5.85. The summed E-state index contributed by atoms with van der Waals surface area (Å²) >= 11 is 0. The number of nitro groups is 1. The number of non-ortho nitro benzene ring substituents is 1. The molecule has 1 heterocycles. The first-order valence-corrected chi connectivity index (χ1v) is 6.79. The number of nitrogens with zero attached hydrogens (tertiary/aromatic N) is 2. The van der Waals surface area contributed by atoms with Gasteiger partial charge >= 0.3 is 0 Å². The van der Waals surface area contributed by atoms with Crippen molar-refractivity contribution in [3.8, 4) is 5.75 Å². The standard InChI is InChI=1S/C14H19N3O4.ClH/c1-14(9-15)6-7-16(10-14)13(18)8-21-12-4-2-11(3-5-12)17(19)20;/h2-5H,6-10,15H2,1H3;1H. The summed E-state index contributed by atoms with van der Waals surface area (Å²) in [5.74, 6) is 0.347. The third-order valence-electron chi connectivity index (χ3n) is 3.81. The molecule has 1 amide bonds. The van der Waals surface area contributed by atoms with Crippen LogP contribution in [-0.2, 0) is 4.79 Å². The molecule has 1 fully saturated rings. The van der Waals surface area contributed by atoms with E-state index in [0.717, 1.165) is 6.42 Å². The fourth-order valence-electron chi connectivity index (χ4n) is 2.30. The number of likely N-dealkylation sites (tertiary alicyclic amines) is 1. The van der Waals surface area contributed by atoms with Gasteiger partial charge in [-0.05, 0) is 30.5 Å². The largest absolute Gasteiger partial charge is 0.484 e. The summed E-state index contributed by atoms with van der Waals surface area (Å²) in [5, 5.41) is 10.5. The summed E-state index contributed by atoms with van der Waals surface area (Å²) < 4.78 is 5.37. The maximum absolute atomic E-state index is 12.0. The molecule has 22 heavy (non-hydrogen) atoms. The predicted molar refractivity (Wildman–Crippen MR) is 84.2 cm³/mol. The Kier molecular flexibility index (Phi) is 6.13. The predicted octanol–water partition coefficient (Wildman–Crippen LogP) is 1.59. The molecule has 0 bridgehead atoms. The van der Waals surface area contributed by atoms with Gasteiger partial charge in [0.25, 0.3) is 11.6 Å². The van der Waals surface area contributed by atoms with E-state index < -0.39 is 4.92 Å². The Morgan fingerprint density at radius 1 is 1.45 bits per heavy atom. The third kappa shape index (κ3) is 4.32. The number of hydrogen-bond acceptors (Lipinski definition) is 5. The minimum atomic E-state index is -0.479. The number of carbonyl (C=O) groups excluding carboxylic acids is 1. The van der Waals surface area contributed by atoms with E-state index in [0.29, 0.717) is 25.4 Å². The molecule has 0 saturated carbocycles. The van der Waals surface area contributed by atoms with Crippen molar-refractivity contribution >= 4 is 24.0 Å². The number of benzene rings is 1. The van der Waals surface area contributed by atoms with E-state index in [9.17, 15) is 14.9 Å². The van der Waals surface area contributed by atoms with E-state index in [1.54, 1.807) is 4.90 Å². The summed E-state index contributed by atoms with van der Waals surface area (Å²) in [7, 11) is 0. The highest BCUT2D eigenvalue weighted by Crippen LogP contribution is 2.28. The summed E-state index contributed by atoms with van der Waals surface area (Å²) in [6.07, 6.45) is 0.896. The van der Waals surface area contributed by atoms with Crippen molar-refractivity contribution in [1.29, 1.82) is 0 Å². The number of rotatable bonds is 5. The van der Waals surface area contributed by atoms with Crippen LogP contribution in [0.25, 0.3) is 0 Å². The normalized spacial score (nSPS) is 20.4. The monoisotopic (exact) mass is 329 g/mol. The van der Waals surface area contributed by atoms with Crippen LogP contribution >= 0.6 is 12.4 Å². The van der Waals surface area contributed by atoms with Gasteiger partial charge in [-0.2, -0.15) is 0 Å². The molecule has 8 heteroatoms. The van der Waals surface area contributed by atoms with Crippen LogP contribution in [0.5, 0.6) is 5.75 Å². The average molecular weight is 330 g/mol. The van der Waals surface area contributed by atoms with E-state index in [-0.39, 0.29) is 36.0 Å². The molecule has 2 N–H and O–H groups in total. The van der Waals surface area contributed by atoms with Crippen molar-refractivity contribution < 1.29 is 14.5 Å². The second-order valence-corrected chi connectivity index (χ2v) is 5.62. The molecule has 1 aromatic carbocycles.